The molecule has 0 aliphatic carbocycles. The highest BCUT2D eigenvalue weighted by Crippen LogP contribution is 2.33. The first-order valence-corrected chi connectivity index (χ1v) is 6.72. The summed E-state index contributed by atoms with van der Waals surface area (Å²) in [7, 11) is 0. The van der Waals surface area contributed by atoms with E-state index in [1.165, 1.54) is 0 Å². The van der Waals surface area contributed by atoms with Crippen LogP contribution < -0.4 is 0 Å². The minimum absolute atomic E-state index is 0.0819. The molecule has 2 bridgehead atoms. The van der Waals surface area contributed by atoms with E-state index < -0.39 is 6.35 Å². The third kappa shape index (κ3) is 2.27. The van der Waals surface area contributed by atoms with Crippen molar-refractivity contribution in [2.24, 2.45) is 0 Å². The van der Waals surface area contributed by atoms with Gasteiger partial charge in [-0.25, -0.2) is 4.90 Å². The summed E-state index contributed by atoms with van der Waals surface area (Å²) in [5.74, 6) is 0. The van der Waals surface area contributed by atoms with Crippen molar-refractivity contribution in [2.45, 2.75) is 37.3 Å². The molecule has 2 heterocycles. The zero-order chi connectivity index (χ0) is 12.5. The topological polar surface area (TPSA) is 35.9 Å². The summed E-state index contributed by atoms with van der Waals surface area (Å²) in [5.41, 5.74) is 1.02. The molecule has 98 valence electrons. The molecule has 0 saturated carbocycles. The van der Waals surface area contributed by atoms with Gasteiger partial charge in [0, 0.05) is 6.54 Å². The van der Waals surface area contributed by atoms with Crippen molar-refractivity contribution in [2.75, 3.05) is 6.54 Å². The first-order valence-electron chi connectivity index (χ1n) is 6.29. The smallest absolute Gasteiger partial charge is 0.189 e. The number of hydrogen-bond donors (Lipinski definition) is 1. The van der Waals surface area contributed by atoms with Crippen molar-refractivity contribution in [3.63, 3.8) is 0 Å². The molecule has 1 aromatic carbocycles. The molecular weight excluding hydrogens is 252 g/mol. The number of rotatable bonds is 3. The Morgan fingerprint density at radius 3 is 2.78 bits per heavy atom. The van der Waals surface area contributed by atoms with Crippen LogP contribution in [0.2, 0.25) is 0 Å². The average Bonchev–Trinajstić information content (AvgIpc) is 2.67. The van der Waals surface area contributed by atoms with Crippen LogP contribution in [-0.4, -0.2) is 39.5 Å². The van der Waals surface area contributed by atoms with Gasteiger partial charge >= 0.3 is 0 Å². The number of hydrogen-bond acceptors (Lipinski definition) is 4. The van der Waals surface area contributed by atoms with Crippen LogP contribution in [-0.2, 0) is 11.4 Å². The van der Waals surface area contributed by atoms with Gasteiger partial charge in [-0.2, -0.15) is 0 Å². The molecule has 2 aliphatic rings. The number of fused-ring (bicyclic) bond motifs is 2. The van der Waals surface area contributed by atoms with E-state index in [0.29, 0.717) is 6.61 Å². The van der Waals surface area contributed by atoms with Crippen molar-refractivity contribution >= 4 is 11.6 Å². The average molecular weight is 269 g/mol. The second-order valence-corrected chi connectivity index (χ2v) is 5.33. The number of benzene rings is 1. The van der Waals surface area contributed by atoms with Gasteiger partial charge in [-0.1, -0.05) is 30.3 Å². The van der Waals surface area contributed by atoms with Crippen LogP contribution in [0.15, 0.2) is 30.3 Å². The second-order valence-electron chi connectivity index (χ2n) is 4.83. The summed E-state index contributed by atoms with van der Waals surface area (Å²) in [6, 6.07) is 10.2. The van der Waals surface area contributed by atoms with Crippen LogP contribution in [0.5, 0.6) is 0 Å². The lowest BCUT2D eigenvalue weighted by Gasteiger charge is -2.26. The van der Waals surface area contributed by atoms with Crippen molar-refractivity contribution in [3.05, 3.63) is 35.9 Å². The number of nitrogens with zero attached hydrogens (tertiary/aromatic N) is 2. The van der Waals surface area contributed by atoms with Crippen LogP contribution in [0.1, 0.15) is 18.4 Å². The van der Waals surface area contributed by atoms with Gasteiger partial charge in [0.15, 0.2) is 6.35 Å². The van der Waals surface area contributed by atoms with E-state index in [2.05, 4.69) is 0 Å². The summed E-state index contributed by atoms with van der Waals surface area (Å²) in [5, 5.41) is 11.8. The molecule has 2 saturated heterocycles. The van der Waals surface area contributed by atoms with Gasteiger partial charge in [-0.05, 0) is 18.4 Å². The zero-order valence-corrected chi connectivity index (χ0v) is 10.8. The Morgan fingerprint density at radius 1 is 1.28 bits per heavy atom. The zero-order valence-electron chi connectivity index (χ0n) is 10.1. The third-order valence-corrected chi connectivity index (χ3v) is 4.10. The van der Waals surface area contributed by atoms with Gasteiger partial charge in [-0.3, -0.25) is 4.84 Å². The Labute approximate surface area is 112 Å². The quantitative estimate of drug-likeness (QED) is 0.669. The number of alkyl halides is 1. The van der Waals surface area contributed by atoms with E-state index in [0.717, 1.165) is 24.9 Å². The van der Waals surface area contributed by atoms with Gasteiger partial charge in [-0.15, -0.1) is 16.7 Å². The number of halogens is 1. The Kier molecular flexibility index (Phi) is 3.54. The van der Waals surface area contributed by atoms with E-state index in [1.54, 1.807) is 5.06 Å². The van der Waals surface area contributed by atoms with E-state index >= 15 is 0 Å². The van der Waals surface area contributed by atoms with Crippen molar-refractivity contribution in [1.29, 1.82) is 0 Å². The molecule has 0 aromatic heterocycles. The Balaban J connectivity index is 1.63. The summed E-state index contributed by atoms with van der Waals surface area (Å²) in [6.07, 6.45) is 1.15. The number of piperidine rings is 1. The van der Waals surface area contributed by atoms with Crippen LogP contribution in [0, 0.1) is 0 Å². The Morgan fingerprint density at radius 2 is 2.06 bits per heavy atom. The number of aliphatic hydroxyl groups excluding tert-OH is 1. The SMILES string of the molecule is OC1N2C[C@@H](CC[C@H]2Cl)N1OCc1ccccc1. The molecule has 18 heavy (non-hydrogen) atoms. The predicted molar refractivity (Wildman–Crippen MR) is 68.4 cm³/mol. The maximum atomic E-state index is 10.1. The minimum atomic E-state index is -0.719. The summed E-state index contributed by atoms with van der Waals surface area (Å²) in [4.78, 5) is 7.62. The van der Waals surface area contributed by atoms with E-state index in [4.69, 9.17) is 16.4 Å². The summed E-state index contributed by atoms with van der Waals surface area (Å²) in [6.45, 7) is 1.26. The van der Waals surface area contributed by atoms with Gasteiger partial charge < -0.3 is 5.11 Å². The van der Waals surface area contributed by atoms with Gasteiger partial charge in [0.1, 0.15) is 0 Å². The third-order valence-electron chi connectivity index (χ3n) is 3.63. The van der Waals surface area contributed by atoms with E-state index in [1.807, 2.05) is 35.2 Å². The highest BCUT2D eigenvalue weighted by Gasteiger charge is 2.45. The number of aliphatic hydroxyl groups is 1. The molecule has 2 aliphatic heterocycles. The molecule has 4 atom stereocenters. The van der Waals surface area contributed by atoms with Gasteiger partial charge in [0.2, 0.25) is 0 Å². The largest absolute Gasteiger partial charge is 0.363 e. The first kappa shape index (κ1) is 12.4. The molecule has 2 unspecified atom stereocenters. The first-order chi connectivity index (χ1) is 8.75. The monoisotopic (exact) mass is 268 g/mol. The van der Waals surface area contributed by atoms with Crippen LogP contribution >= 0.6 is 11.6 Å². The Bertz CT molecular complexity index is 403. The standard InChI is InChI=1S/C13H17ClN2O2/c14-12-7-6-11-8-15(12)13(17)16(11)18-9-10-4-2-1-3-5-10/h1-5,11-13,17H,6-9H2/t11-,12+,13?/m1/s1. The lowest BCUT2D eigenvalue weighted by molar-refractivity contribution is -0.264. The highest BCUT2D eigenvalue weighted by atomic mass is 35.5. The molecule has 1 aromatic rings. The van der Waals surface area contributed by atoms with Crippen molar-refractivity contribution in [1.82, 2.24) is 9.96 Å². The predicted octanol–water partition coefficient (Wildman–Crippen LogP) is 1.74. The van der Waals surface area contributed by atoms with Crippen LogP contribution in [0.4, 0.5) is 0 Å². The maximum absolute atomic E-state index is 10.1. The maximum Gasteiger partial charge on any atom is 0.189 e. The number of hydroxylamine groups is 2. The lowest BCUT2D eigenvalue weighted by atomic mass is 10.1. The second kappa shape index (κ2) is 5.15. The van der Waals surface area contributed by atoms with Gasteiger partial charge in [0.25, 0.3) is 0 Å². The molecule has 1 N–H and O–H groups in total. The van der Waals surface area contributed by atoms with Crippen LogP contribution in [0.3, 0.4) is 0 Å². The summed E-state index contributed by atoms with van der Waals surface area (Å²) >= 11 is 6.17. The lowest BCUT2D eigenvalue weighted by Crippen LogP contribution is -2.41. The molecule has 3 rings (SSSR count). The molecule has 4 nitrogen and oxygen atoms in total. The summed E-state index contributed by atoms with van der Waals surface area (Å²) < 4.78 is 0. The molecule has 0 spiro atoms. The molecule has 0 radical (unpaired) electrons. The van der Waals surface area contributed by atoms with Crippen molar-refractivity contribution < 1.29 is 9.94 Å². The molecule has 5 heteroatoms. The molecule has 0 amide bonds. The molecular formula is C13H17ClN2O2. The normalized spacial score (nSPS) is 35.9. The fourth-order valence-electron chi connectivity index (χ4n) is 2.62. The fourth-order valence-corrected chi connectivity index (χ4v) is 2.93. The van der Waals surface area contributed by atoms with E-state index in [9.17, 15) is 5.11 Å². The Hall–Kier alpha value is -0.650. The highest BCUT2D eigenvalue weighted by molar-refractivity contribution is 6.20. The van der Waals surface area contributed by atoms with Gasteiger partial charge in [0.05, 0.1) is 18.1 Å². The van der Waals surface area contributed by atoms with Crippen molar-refractivity contribution in [3.8, 4) is 0 Å². The van der Waals surface area contributed by atoms with E-state index in [-0.39, 0.29) is 11.5 Å². The van der Waals surface area contributed by atoms with Crippen LogP contribution in [0.25, 0.3) is 0 Å². The molecule has 2 fully saturated rings. The minimum Gasteiger partial charge on any atom is -0.363 e. The fraction of sp³-hybridized carbons (Fsp3) is 0.538.